The van der Waals surface area contributed by atoms with Crippen molar-refractivity contribution in [1.82, 2.24) is 4.90 Å². The predicted octanol–water partition coefficient (Wildman–Crippen LogP) is 3.15. The van der Waals surface area contributed by atoms with E-state index in [-0.39, 0.29) is 29.5 Å². The summed E-state index contributed by atoms with van der Waals surface area (Å²) in [7, 11) is 1.47. The Hall–Kier alpha value is -3.29. The number of hydrogen-bond acceptors (Lipinski definition) is 3. The number of rotatable bonds is 5. The molecule has 8 heteroatoms. The van der Waals surface area contributed by atoms with E-state index in [1.165, 1.54) is 50.1 Å². The molecule has 0 saturated heterocycles. The Morgan fingerprint density at radius 1 is 0.926 bits per heavy atom. The lowest BCUT2D eigenvalue weighted by atomic mass is 10.1. The first-order valence-electron chi connectivity index (χ1n) is 8.05. The van der Waals surface area contributed by atoms with Crippen LogP contribution in [0.2, 0.25) is 0 Å². The van der Waals surface area contributed by atoms with Gasteiger partial charge in [-0.15, -0.1) is 0 Å². The summed E-state index contributed by atoms with van der Waals surface area (Å²) in [5, 5.41) is 5.11. The summed E-state index contributed by atoms with van der Waals surface area (Å²) in [4.78, 5) is 36.6. The molecule has 142 valence electrons. The lowest BCUT2D eigenvalue weighted by molar-refractivity contribution is -0.115. The second-order valence-corrected chi connectivity index (χ2v) is 6.06. The van der Waals surface area contributed by atoms with Crippen molar-refractivity contribution in [2.75, 3.05) is 17.7 Å². The molecule has 0 aliphatic carbocycles. The van der Waals surface area contributed by atoms with E-state index in [9.17, 15) is 23.2 Å². The Kier molecular flexibility index (Phi) is 6.23. The van der Waals surface area contributed by atoms with E-state index in [1.54, 1.807) is 0 Å². The van der Waals surface area contributed by atoms with Crippen LogP contribution in [0.3, 0.4) is 0 Å². The lowest BCUT2D eigenvalue weighted by Crippen LogP contribution is -2.27. The normalized spacial score (nSPS) is 10.3. The maximum absolute atomic E-state index is 13.8. The van der Waals surface area contributed by atoms with Crippen LogP contribution in [0.1, 0.15) is 29.8 Å². The molecule has 2 rings (SSSR count). The van der Waals surface area contributed by atoms with Crippen molar-refractivity contribution in [3.05, 3.63) is 59.2 Å². The molecular formula is C19H19F2N3O3. The van der Waals surface area contributed by atoms with Gasteiger partial charge in [0, 0.05) is 56.0 Å². The third-order valence-corrected chi connectivity index (χ3v) is 3.59. The molecule has 2 aromatic carbocycles. The molecule has 0 fully saturated rings. The Morgan fingerprint density at radius 2 is 1.48 bits per heavy atom. The van der Waals surface area contributed by atoms with Crippen LogP contribution in [0.5, 0.6) is 0 Å². The van der Waals surface area contributed by atoms with Gasteiger partial charge in [0.2, 0.25) is 11.8 Å². The van der Waals surface area contributed by atoms with Crippen molar-refractivity contribution in [3.63, 3.8) is 0 Å². The molecule has 27 heavy (non-hydrogen) atoms. The molecule has 2 aromatic rings. The first kappa shape index (κ1) is 20.0. The van der Waals surface area contributed by atoms with Gasteiger partial charge in [-0.05, 0) is 24.3 Å². The van der Waals surface area contributed by atoms with Gasteiger partial charge in [0.05, 0.1) is 0 Å². The van der Waals surface area contributed by atoms with E-state index in [4.69, 9.17) is 0 Å². The van der Waals surface area contributed by atoms with E-state index >= 15 is 0 Å². The molecule has 0 bridgehead atoms. The van der Waals surface area contributed by atoms with E-state index < -0.39 is 17.5 Å². The van der Waals surface area contributed by atoms with E-state index in [0.29, 0.717) is 11.4 Å². The Balaban J connectivity index is 2.29. The Labute approximate surface area is 155 Å². The molecule has 6 nitrogen and oxygen atoms in total. The summed E-state index contributed by atoms with van der Waals surface area (Å²) in [5.41, 5.74) is 1.01. The van der Waals surface area contributed by atoms with Gasteiger partial charge in [-0.3, -0.25) is 14.4 Å². The number of anilines is 2. The number of nitrogens with zero attached hydrogens (tertiary/aromatic N) is 1. The molecule has 0 aromatic heterocycles. The first-order valence-corrected chi connectivity index (χ1v) is 8.05. The van der Waals surface area contributed by atoms with Gasteiger partial charge in [0.1, 0.15) is 11.6 Å². The number of nitrogens with one attached hydrogen (secondary N) is 2. The summed E-state index contributed by atoms with van der Waals surface area (Å²) < 4.78 is 26.8. The third kappa shape index (κ3) is 5.60. The van der Waals surface area contributed by atoms with Gasteiger partial charge in [-0.25, -0.2) is 8.78 Å². The van der Waals surface area contributed by atoms with Gasteiger partial charge < -0.3 is 15.5 Å². The van der Waals surface area contributed by atoms with Crippen LogP contribution in [0.25, 0.3) is 0 Å². The monoisotopic (exact) mass is 375 g/mol. The summed E-state index contributed by atoms with van der Waals surface area (Å²) in [6.45, 7) is 2.55. The molecule has 3 amide bonds. The average molecular weight is 375 g/mol. The number of hydrogen-bond donors (Lipinski definition) is 2. The molecule has 0 aliphatic rings. The highest BCUT2D eigenvalue weighted by Crippen LogP contribution is 2.21. The van der Waals surface area contributed by atoms with E-state index in [0.717, 1.165) is 12.1 Å². The first-order chi connectivity index (χ1) is 12.7. The van der Waals surface area contributed by atoms with Crippen molar-refractivity contribution in [3.8, 4) is 0 Å². The maximum atomic E-state index is 13.8. The summed E-state index contributed by atoms with van der Waals surface area (Å²) in [6, 6.07) is 7.55. The minimum Gasteiger partial charge on any atom is -0.337 e. The van der Waals surface area contributed by atoms with Gasteiger partial charge in [-0.2, -0.15) is 0 Å². The van der Waals surface area contributed by atoms with Crippen LogP contribution < -0.4 is 10.6 Å². The van der Waals surface area contributed by atoms with Crippen LogP contribution in [0.4, 0.5) is 20.2 Å². The molecule has 0 heterocycles. The highest BCUT2D eigenvalue weighted by molar-refractivity contribution is 5.99. The zero-order valence-corrected chi connectivity index (χ0v) is 15.1. The fourth-order valence-electron chi connectivity index (χ4n) is 2.50. The summed E-state index contributed by atoms with van der Waals surface area (Å²) in [6.07, 6.45) is 0. The fraction of sp³-hybridized carbons (Fsp3) is 0.211. The quantitative estimate of drug-likeness (QED) is 0.843. The fourth-order valence-corrected chi connectivity index (χ4v) is 2.50. The second kappa shape index (κ2) is 8.39. The molecule has 0 saturated carbocycles. The summed E-state index contributed by atoms with van der Waals surface area (Å²) >= 11 is 0. The standard InChI is InChI=1S/C19H19F2N3O3/c1-11(25)22-16-6-14(7-17(9-16)23-12(2)26)19(27)24(3)10-13-4-5-15(20)8-18(13)21/h4-9H,10H2,1-3H3,(H,22,25)(H,23,26). The number of carbonyl (C=O) groups is 3. The molecule has 2 N–H and O–H groups in total. The third-order valence-electron chi connectivity index (χ3n) is 3.59. The SMILES string of the molecule is CC(=O)Nc1cc(NC(C)=O)cc(C(=O)N(C)Cc2ccc(F)cc2F)c1. The van der Waals surface area contributed by atoms with Crippen molar-refractivity contribution in [1.29, 1.82) is 0 Å². The molecular weight excluding hydrogens is 356 g/mol. The number of carbonyl (C=O) groups excluding carboxylic acids is 3. The molecule has 0 aliphatic heterocycles. The van der Waals surface area contributed by atoms with Gasteiger partial charge in [0.25, 0.3) is 5.91 Å². The molecule has 0 radical (unpaired) electrons. The minimum atomic E-state index is -0.749. The minimum absolute atomic E-state index is 0.0786. The van der Waals surface area contributed by atoms with Crippen molar-refractivity contribution < 1.29 is 23.2 Å². The Morgan fingerprint density at radius 3 is 1.96 bits per heavy atom. The highest BCUT2D eigenvalue weighted by atomic mass is 19.1. The zero-order chi connectivity index (χ0) is 20.1. The van der Waals surface area contributed by atoms with Crippen molar-refractivity contribution in [2.24, 2.45) is 0 Å². The number of benzene rings is 2. The van der Waals surface area contributed by atoms with Crippen LogP contribution in [-0.4, -0.2) is 29.7 Å². The van der Waals surface area contributed by atoms with Crippen molar-refractivity contribution >= 4 is 29.1 Å². The smallest absolute Gasteiger partial charge is 0.254 e. The zero-order valence-electron chi connectivity index (χ0n) is 15.1. The number of halogens is 2. The Bertz CT molecular complexity index is 866. The van der Waals surface area contributed by atoms with E-state index in [1.807, 2.05) is 0 Å². The van der Waals surface area contributed by atoms with Crippen molar-refractivity contribution in [2.45, 2.75) is 20.4 Å². The second-order valence-electron chi connectivity index (χ2n) is 6.06. The molecule has 0 spiro atoms. The largest absolute Gasteiger partial charge is 0.337 e. The van der Waals surface area contributed by atoms with Crippen LogP contribution >= 0.6 is 0 Å². The number of amides is 3. The molecule has 0 unspecified atom stereocenters. The maximum Gasteiger partial charge on any atom is 0.254 e. The topological polar surface area (TPSA) is 78.5 Å². The predicted molar refractivity (Wildman–Crippen MR) is 97.2 cm³/mol. The van der Waals surface area contributed by atoms with Crippen LogP contribution in [0, 0.1) is 11.6 Å². The van der Waals surface area contributed by atoms with Gasteiger partial charge >= 0.3 is 0 Å². The average Bonchev–Trinajstić information content (AvgIpc) is 2.55. The van der Waals surface area contributed by atoms with E-state index in [2.05, 4.69) is 10.6 Å². The molecule has 0 atom stereocenters. The van der Waals surface area contributed by atoms with Crippen LogP contribution in [-0.2, 0) is 16.1 Å². The summed E-state index contributed by atoms with van der Waals surface area (Å²) in [5.74, 6) is -2.59. The highest BCUT2D eigenvalue weighted by Gasteiger charge is 2.16. The van der Waals surface area contributed by atoms with Crippen LogP contribution in [0.15, 0.2) is 36.4 Å². The lowest BCUT2D eigenvalue weighted by Gasteiger charge is -2.19. The van der Waals surface area contributed by atoms with Gasteiger partial charge in [-0.1, -0.05) is 6.07 Å². The van der Waals surface area contributed by atoms with Gasteiger partial charge in [0.15, 0.2) is 0 Å².